The number of rotatable bonds is 5. The highest BCUT2D eigenvalue weighted by atomic mass is 16.6. The van der Waals surface area contributed by atoms with Gasteiger partial charge in [0.15, 0.2) is 0 Å². The summed E-state index contributed by atoms with van der Waals surface area (Å²) in [6.45, 7) is 0. The highest BCUT2D eigenvalue weighted by Gasteiger charge is 2.10. The van der Waals surface area contributed by atoms with Gasteiger partial charge in [0.2, 0.25) is 5.89 Å². The van der Waals surface area contributed by atoms with Crippen LogP contribution in [0.4, 0.5) is 11.9 Å². The van der Waals surface area contributed by atoms with Gasteiger partial charge < -0.3 is 13.7 Å². The van der Waals surface area contributed by atoms with E-state index in [0.29, 0.717) is 5.76 Å². The fourth-order valence-electron chi connectivity index (χ4n) is 1.19. The number of hydrogen-bond donors (Lipinski definition) is 0. The molecule has 0 spiro atoms. The molecule has 2 rings (SSSR count). The number of aromatic nitrogens is 2. The Labute approximate surface area is 113 Å². The molecule has 0 unspecified atom stereocenters. The molecule has 9 nitrogen and oxygen atoms in total. The third-order valence-corrected chi connectivity index (χ3v) is 2.01. The second kappa shape index (κ2) is 5.78. The fraction of sp³-hybridized carbons (Fsp3) is 0.182. The highest BCUT2D eigenvalue weighted by molar-refractivity contribution is 5.64. The first kappa shape index (κ1) is 13.5. The number of hydrogen-bond acceptors (Lipinski definition) is 7. The van der Waals surface area contributed by atoms with Crippen LogP contribution in [0.2, 0.25) is 0 Å². The number of aliphatic imine (C=N–C) groups is 1. The van der Waals surface area contributed by atoms with Crippen molar-refractivity contribution in [1.82, 2.24) is 15.1 Å². The summed E-state index contributed by atoms with van der Waals surface area (Å²) < 4.78 is 10.1. The predicted molar refractivity (Wildman–Crippen MR) is 70.4 cm³/mol. The van der Waals surface area contributed by atoms with Gasteiger partial charge in [-0.2, -0.15) is 4.99 Å². The second-order valence-corrected chi connectivity index (χ2v) is 3.90. The van der Waals surface area contributed by atoms with Gasteiger partial charge in [-0.25, -0.2) is 0 Å². The minimum Gasteiger partial charge on any atom is -0.402 e. The van der Waals surface area contributed by atoms with Gasteiger partial charge in [0.25, 0.3) is 0 Å². The third kappa shape index (κ3) is 3.51. The van der Waals surface area contributed by atoms with Crippen LogP contribution in [0.15, 0.2) is 26.0 Å². The standard InChI is InChI=1S/C11H11N5O4/c1-15(2)7-12-11-14-13-9(20-11)5-3-8-4-6-10(19-8)16(17)18/h3-7H,1-2H3/b5-3+,12-7?. The lowest BCUT2D eigenvalue weighted by Gasteiger charge is -1.99. The van der Waals surface area contributed by atoms with Crippen LogP contribution in [0.5, 0.6) is 0 Å². The zero-order chi connectivity index (χ0) is 14.5. The summed E-state index contributed by atoms with van der Waals surface area (Å²) in [6.07, 6.45) is 4.49. The largest absolute Gasteiger partial charge is 0.433 e. The lowest BCUT2D eigenvalue weighted by atomic mass is 10.4. The third-order valence-electron chi connectivity index (χ3n) is 2.01. The van der Waals surface area contributed by atoms with E-state index >= 15 is 0 Å². The Morgan fingerprint density at radius 2 is 2.10 bits per heavy atom. The molecule has 0 N–H and O–H groups in total. The molecule has 0 aliphatic carbocycles. The lowest BCUT2D eigenvalue weighted by Crippen LogP contribution is -2.06. The summed E-state index contributed by atoms with van der Waals surface area (Å²) in [5.41, 5.74) is 0. The van der Waals surface area contributed by atoms with Crippen molar-refractivity contribution in [2.45, 2.75) is 0 Å². The molecule has 0 saturated carbocycles. The van der Waals surface area contributed by atoms with Crippen LogP contribution >= 0.6 is 0 Å². The first-order valence-corrected chi connectivity index (χ1v) is 5.51. The van der Waals surface area contributed by atoms with Gasteiger partial charge in [0.1, 0.15) is 10.7 Å². The molecule has 0 saturated heterocycles. The van der Waals surface area contributed by atoms with Gasteiger partial charge in [-0.05, 0) is 12.1 Å². The number of nitrogens with zero attached hydrogens (tertiary/aromatic N) is 5. The van der Waals surface area contributed by atoms with E-state index in [1.54, 1.807) is 4.90 Å². The molecule has 104 valence electrons. The summed E-state index contributed by atoms with van der Waals surface area (Å²) in [4.78, 5) is 15.5. The Balaban J connectivity index is 2.05. The van der Waals surface area contributed by atoms with Gasteiger partial charge in [-0.15, -0.1) is 5.10 Å². The maximum atomic E-state index is 10.4. The Morgan fingerprint density at radius 1 is 1.30 bits per heavy atom. The van der Waals surface area contributed by atoms with E-state index < -0.39 is 4.92 Å². The van der Waals surface area contributed by atoms with Crippen molar-refractivity contribution in [1.29, 1.82) is 0 Å². The Kier molecular flexibility index (Phi) is 3.89. The van der Waals surface area contributed by atoms with Crippen molar-refractivity contribution in [2.24, 2.45) is 4.99 Å². The summed E-state index contributed by atoms with van der Waals surface area (Å²) in [5.74, 6) is 0.203. The predicted octanol–water partition coefficient (Wildman–Crippen LogP) is 1.96. The van der Waals surface area contributed by atoms with E-state index in [9.17, 15) is 10.1 Å². The van der Waals surface area contributed by atoms with Crippen molar-refractivity contribution < 1.29 is 13.8 Å². The SMILES string of the molecule is CN(C)C=Nc1nnc(/C=C/c2ccc([N+](=O)[O-])o2)o1. The molecule has 0 aliphatic rings. The fourth-order valence-corrected chi connectivity index (χ4v) is 1.19. The molecule has 0 bridgehead atoms. The minimum absolute atomic E-state index is 0.115. The second-order valence-electron chi connectivity index (χ2n) is 3.90. The van der Waals surface area contributed by atoms with Crippen molar-refractivity contribution in [3.63, 3.8) is 0 Å². The topological polar surface area (TPSA) is 111 Å². The smallest absolute Gasteiger partial charge is 0.402 e. The summed E-state index contributed by atoms with van der Waals surface area (Å²) in [7, 11) is 3.62. The molecule has 2 aromatic heterocycles. The summed E-state index contributed by atoms with van der Waals surface area (Å²) in [6, 6.07) is 2.85. The van der Waals surface area contributed by atoms with Crippen LogP contribution in [0, 0.1) is 10.1 Å². The molecule has 0 aromatic carbocycles. The molecule has 0 amide bonds. The first-order chi connectivity index (χ1) is 9.54. The van der Waals surface area contributed by atoms with Crippen LogP contribution in [-0.2, 0) is 0 Å². The molecule has 0 radical (unpaired) electrons. The van der Waals surface area contributed by atoms with Gasteiger partial charge in [-0.1, -0.05) is 5.10 Å². The normalized spacial score (nSPS) is 11.5. The monoisotopic (exact) mass is 277 g/mol. The van der Waals surface area contributed by atoms with E-state index in [0.717, 1.165) is 0 Å². The molecular formula is C11H11N5O4. The van der Waals surface area contributed by atoms with Crippen molar-refractivity contribution in [3.05, 3.63) is 33.9 Å². The van der Waals surface area contributed by atoms with Crippen molar-refractivity contribution in [2.75, 3.05) is 14.1 Å². The average Bonchev–Trinajstić information content (AvgIpc) is 3.03. The van der Waals surface area contributed by atoms with E-state index in [2.05, 4.69) is 15.2 Å². The Bertz CT molecular complexity index is 655. The Hall–Kier alpha value is -2.97. The first-order valence-electron chi connectivity index (χ1n) is 5.51. The highest BCUT2D eigenvalue weighted by Crippen LogP contribution is 2.18. The maximum absolute atomic E-state index is 10.4. The van der Waals surface area contributed by atoms with E-state index in [4.69, 9.17) is 8.83 Å². The molecule has 0 fully saturated rings. The van der Waals surface area contributed by atoms with Crippen molar-refractivity contribution >= 4 is 30.4 Å². The molecular weight excluding hydrogens is 266 g/mol. The van der Waals surface area contributed by atoms with E-state index in [-0.39, 0.29) is 17.8 Å². The quantitative estimate of drug-likeness (QED) is 0.355. The van der Waals surface area contributed by atoms with Gasteiger partial charge in [-0.3, -0.25) is 10.1 Å². The van der Waals surface area contributed by atoms with Gasteiger partial charge in [0.05, 0.1) is 12.4 Å². The molecule has 0 aliphatic heterocycles. The molecule has 2 heterocycles. The van der Waals surface area contributed by atoms with Gasteiger partial charge in [0, 0.05) is 20.2 Å². The number of furan rings is 1. The van der Waals surface area contributed by atoms with E-state index in [1.807, 2.05) is 14.1 Å². The van der Waals surface area contributed by atoms with E-state index in [1.165, 1.54) is 30.6 Å². The zero-order valence-electron chi connectivity index (χ0n) is 10.8. The zero-order valence-corrected chi connectivity index (χ0v) is 10.8. The summed E-state index contributed by atoms with van der Waals surface area (Å²) in [5, 5.41) is 17.9. The lowest BCUT2D eigenvalue weighted by molar-refractivity contribution is -0.402. The molecule has 0 atom stereocenters. The molecule has 20 heavy (non-hydrogen) atoms. The van der Waals surface area contributed by atoms with Crippen LogP contribution in [-0.4, -0.2) is 40.5 Å². The van der Waals surface area contributed by atoms with Crippen LogP contribution in [0.1, 0.15) is 11.7 Å². The van der Waals surface area contributed by atoms with Crippen molar-refractivity contribution in [3.8, 4) is 0 Å². The average molecular weight is 277 g/mol. The van der Waals surface area contributed by atoms with Gasteiger partial charge >= 0.3 is 11.9 Å². The molecule has 9 heteroatoms. The Morgan fingerprint density at radius 3 is 2.75 bits per heavy atom. The minimum atomic E-state index is -0.613. The van der Waals surface area contributed by atoms with Crippen LogP contribution in [0.3, 0.4) is 0 Å². The number of nitro groups is 1. The van der Waals surface area contributed by atoms with Crippen LogP contribution in [0.25, 0.3) is 12.2 Å². The maximum Gasteiger partial charge on any atom is 0.433 e. The molecule has 2 aromatic rings. The summed E-state index contributed by atoms with van der Waals surface area (Å²) >= 11 is 0. The van der Waals surface area contributed by atoms with Crippen LogP contribution < -0.4 is 0 Å².